The van der Waals surface area contributed by atoms with Gasteiger partial charge in [0.2, 0.25) is 5.91 Å². The first kappa shape index (κ1) is 39.6. The van der Waals surface area contributed by atoms with Crippen molar-refractivity contribution in [3.8, 4) is 0 Å². The van der Waals surface area contributed by atoms with E-state index in [0.29, 0.717) is 5.92 Å². The van der Waals surface area contributed by atoms with E-state index in [1.807, 2.05) is 7.05 Å². The number of nitrogens with one attached hydrogen (secondary N) is 1. The number of hydrogen-bond acceptors (Lipinski definition) is 8. The van der Waals surface area contributed by atoms with Crippen LogP contribution < -0.4 is 5.32 Å². The quantitative estimate of drug-likeness (QED) is 0.0693. The van der Waals surface area contributed by atoms with E-state index in [-0.39, 0.29) is 18.4 Å². The van der Waals surface area contributed by atoms with Gasteiger partial charge in [-0.05, 0) is 45.4 Å². The number of carbonyl (C=O) groups is 2. The number of aliphatic hydroxyl groups is 2. The summed E-state index contributed by atoms with van der Waals surface area (Å²) in [5.74, 6) is -0.0742. The highest BCUT2D eigenvalue weighted by Gasteiger charge is 2.50. The van der Waals surface area contributed by atoms with Crippen LogP contribution in [0, 0.1) is 5.92 Å². The maximum Gasteiger partial charge on any atom is 0.306 e. The standard InChI is InChI=1S/C34H63ClN2O6S/c1-6-8-9-10-11-12-13-14-15-16-17-18-19-21-27(38)42-32-30(40)29(39)31(43-34(32)44-5)28(24(3)35)36-33(41)26-22-25(20-7-2)23-37(26)4/h24-26,28-32,34,39-40H,6-23H2,1-5H3,(H,36,41)/t24-,25+,26-,28+,29+,30+,31+,32+,34+/m0/s1. The molecule has 0 aromatic heterocycles. The van der Waals surface area contributed by atoms with Gasteiger partial charge in [-0.25, -0.2) is 0 Å². The van der Waals surface area contributed by atoms with Crippen molar-refractivity contribution in [2.45, 2.75) is 177 Å². The van der Waals surface area contributed by atoms with Crippen LogP contribution in [0.15, 0.2) is 0 Å². The van der Waals surface area contributed by atoms with Gasteiger partial charge < -0.3 is 25.0 Å². The smallest absolute Gasteiger partial charge is 0.306 e. The second-order valence-electron chi connectivity index (χ2n) is 13.2. The molecule has 0 bridgehead atoms. The molecule has 0 unspecified atom stereocenters. The van der Waals surface area contributed by atoms with Crippen molar-refractivity contribution in [2.24, 2.45) is 5.92 Å². The number of hydrogen-bond donors (Lipinski definition) is 3. The van der Waals surface area contributed by atoms with Crippen molar-refractivity contribution in [3.05, 3.63) is 0 Å². The average Bonchev–Trinajstić information content (AvgIpc) is 3.36. The fraction of sp³-hybridized carbons (Fsp3) is 0.941. The molecule has 2 aliphatic heterocycles. The van der Waals surface area contributed by atoms with E-state index in [2.05, 4.69) is 24.1 Å². The molecule has 2 rings (SSSR count). The normalized spacial score (nSPS) is 29.0. The molecule has 44 heavy (non-hydrogen) atoms. The molecule has 1 amide bonds. The molecule has 2 aliphatic rings. The summed E-state index contributed by atoms with van der Waals surface area (Å²) in [5.41, 5.74) is -0.702. The number of thioether (sulfide) groups is 1. The predicted molar refractivity (Wildman–Crippen MR) is 181 cm³/mol. The van der Waals surface area contributed by atoms with Gasteiger partial charge in [0.05, 0.1) is 17.5 Å². The topological polar surface area (TPSA) is 108 Å². The van der Waals surface area contributed by atoms with Crippen LogP contribution in [0.2, 0.25) is 0 Å². The van der Waals surface area contributed by atoms with Crippen LogP contribution >= 0.6 is 23.4 Å². The van der Waals surface area contributed by atoms with Gasteiger partial charge in [-0.15, -0.1) is 23.4 Å². The molecule has 2 saturated heterocycles. The van der Waals surface area contributed by atoms with Crippen molar-refractivity contribution >= 4 is 35.2 Å². The first-order valence-corrected chi connectivity index (χ1v) is 19.2. The van der Waals surface area contributed by atoms with Crippen molar-refractivity contribution in [3.63, 3.8) is 0 Å². The third-order valence-electron chi connectivity index (χ3n) is 9.36. The summed E-state index contributed by atoms with van der Waals surface area (Å²) < 4.78 is 11.9. The number of rotatable bonds is 22. The summed E-state index contributed by atoms with van der Waals surface area (Å²) in [6, 6.07) is -1.00. The maximum absolute atomic E-state index is 13.3. The zero-order valence-corrected chi connectivity index (χ0v) is 29.8. The molecule has 0 aromatic rings. The van der Waals surface area contributed by atoms with E-state index in [1.165, 1.54) is 76.0 Å². The third-order valence-corrected chi connectivity index (χ3v) is 10.5. The minimum atomic E-state index is -1.38. The summed E-state index contributed by atoms with van der Waals surface area (Å²) >= 11 is 7.82. The number of likely N-dealkylation sites (N-methyl/N-ethyl adjacent to an activating group) is 1. The Kier molecular flexibility index (Phi) is 19.9. The Morgan fingerprint density at radius 2 is 1.52 bits per heavy atom. The number of nitrogens with zero attached hydrogens (tertiary/aromatic N) is 1. The third kappa shape index (κ3) is 13.3. The van der Waals surface area contributed by atoms with Crippen molar-refractivity contribution in [1.82, 2.24) is 10.2 Å². The second kappa shape index (κ2) is 22.1. The average molecular weight is 663 g/mol. The highest BCUT2D eigenvalue weighted by molar-refractivity contribution is 7.99. The van der Waals surface area contributed by atoms with Crippen LogP contribution in [0.25, 0.3) is 0 Å². The monoisotopic (exact) mass is 662 g/mol. The first-order chi connectivity index (χ1) is 21.1. The lowest BCUT2D eigenvalue weighted by Crippen LogP contribution is -2.65. The zero-order valence-electron chi connectivity index (χ0n) is 28.2. The SMILES string of the molecule is CCCCCCCCCCCCCCCC(=O)O[C@@H]1[C@H](O)[C@@H](O)[C@@H]([C@H](NC(=O)[C@@H]2C[C@@H](CCC)CN2C)[C@H](C)Cl)O[C@@H]1SC. The number of esters is 1. The van der Waals surface area contributed by atoms with Crippen LogP contribution in [0.1, 0.15) is 130 Å². The van der Waals surface area contributed by atoms with Crippen LogP contribution in [-0.4, -0.2) is 94.2 Å². The van der Waals surface area contributed by atoms with E-state index < -0.39 is 47.2 Å². The summed E-state index contributed by atoms with van der Waals surface area (Å²) in [6.45, 7) is 7.01. The molecule has 0 saturated carbocycles. The molecule has 10 heteroatoms. The Bertz CT molecular complexity index is 806. The Labute approximate surface area is 277 Å². The van der Waals surface area contributed by atoms with Crippen molar-refractivity contribution in [1.29, 1.82) is 0 Å². The minimum Gasteiger partial charge on any atom is -0.456 e. The Hall–Kier alpha value is -0.580. The lowest BCUT2D eigenvalue weighted by Gasteiger charge is -2.45. The maximum atomic E-state index is 13.3. The van der Waals surface area contributed by atoms with Gasteiger partial charge in [0.1, 0.15) is 23.7 Å². The van der Waals surface area contributed by atoms with Gasteiger partial charge >= 0.3 is 5.97 Å². The largest absolute Gasteiger partial charge is 0.456 e. The van der Waals surface area contributed by atoms with Crippen LogP contribution in [0.4, 0.5) is 0 Å². The van der Waals surface area contributed by atoms with Gasteiger partial charge in [0, 0.05) is 13.0 Å². The number of halogens is 1. The molecule has 9 atom stereocenters. The van der Waals surface area contributed by atoms with Gasteiger partial charge in [0.15, 0.2) is 6.10 Å². The van der Waals surface area contributed by atoms with Gasteiger partial charge in [-0.1, -0.05) is 97.3 Å². The Morgan fingerprint density at radius 3 is 2.05 bits per heavy atom. The van der Waals surface area contributed by atoms with E-state index in [1.54, 1.807) is 13.2 Å². The molecule has 0 aliphatic carbocycles. The molecule has 0 spiro atoms. The van der Waals surface area contributed by atoms with Crippen LogP contribution in [-0.2, 0) is 19.1 Å². The highest BCUT2D eigenvalue weighted by Crippen LogP contribution is 2.33. The van der Waals surface area contributed by atoms with Crippen LogP contribution in [0.3, 0.4) is 0 Å². The predicted octanol–water partition coefficient (Wildman–Crippen LogP) is 6.42. The zero-order chi connectivity index (χ0) is 32.5. The first-order valence-electron chi connectivity index (χ1n) is 17.5. The van der Waals surface area contributed by atoms with Gasteiger partial charge in [-0.3, -0.25) is 14.5 Å². The molecular weight excluding hydrogens is 600 g/mol. The second-order valence-corrected chi connectivity index (χ2v) is 14.8. The summed E-state index contributed by atoms with van der Waals surface area (Å²) in [6.07, 6.45) is 16.3. The number of amides is 1. The van der Waals surface area contributed by atoms with E-state index in [9.17, 15) is 19.8 Å². The van der Waals surface area contributed by atoms with E-state index >= 15 is 0 Å². The molecule has 0 aromatic carbocycles. The Balaban J connectivity index is 1.76. The minimum absolute atomic E-state index is 0.152. The molecule has 0 radical (unpaired) electrons. The highest BCUT2D eigenvalue weighted by atomic mass is 35.5. The van der Waals surface area contributed by atoms with Crippen molar-refractivity contribution < 1.29 is 29.3 Å². The molecule has 258 valence electrons. The van der Waals surface area contributed by atoms with E-state index in [0.717, 1.165) is 45.1 Å². The number of likely N-dealkylation sites (tertiary alicyclic amines) is 1. The molecular formula is C34H63ClN2O6S. The number of alkyl halides is 1. The summed E-state index contributed by atoms with van der Waals surface area (Å²) in [5, 5.41) is 24.6. The Morgan fingerprint density at radius 1 is 0.955 bits per heavy atom. The molecule has 2 heterocycles. The number of unbranched alkanes of at least 4 members (excludes halogenated alkanes) is 12. The lowest BCUT2D eigenvalue weighted by atomic mass is 9.92. The molecule has 2 fully saturated rings. The van der Waals surface area contributed by atoms with Crippen LogP contribution in [0.5, 0.6) is 0 Å². The van der Waals surface area contributed by atoms with Crippen molar-refractivity contribution in [2.75, 3.05) is 19.8 Å². The van der Waals surface area contributed by atoms with Gasteiger partial charge in [-0.2, -0.15) is 0 Å². The lowest BCUT2D eigenvalue weighted by molar-refractivity contribution is -0.218. The van der Waals surface area contributed by atoms with Gasteiger partial charge in [0.25, 0.3) is 0 Å². The fourth-order valence-corrected chi connectivity index (χ4v) is 7.65. The number of ether oxygens (including phenoxy) is 2. The summed E-state index contributed by atoms with van der Waals surface area (Å²) in [4.78, 5) is 28.0. The summed E-state index contributed by atoms with van der Waals surface area (Å²) in [7, 11) is 1.95. The fourth-order valence-electron chi connectivity index (χ4n) is 6.72. The number of aliphatic hydroxyl groups excluding tert-OH is 2. The molecule has 3 N–H and O–H groups in total. The number of carbonyl (C=O) groups excluding carboxylic acids is 2. The van der Waals surface area contributed by atoms with E-state index in [4.69, 9.17) is 21.1 Å². The molecule has 8 nitrogen and oxygen atoms in total.